The zero-order chi connectivity index (χ0) is 36.1. The number of nitro benzene ring substituents is 1. The van der Waals surface area contributed by atoms with Crippen molar-refractivity contribution in [2.24, 2.45) is 11.8 Å². The van der Waals surface area contributed by atoms with Gasteiger partial charge in [0, 0.05) is 36.3 Å². The van der Waals surface area contributed by atoms with Crippen LogP contribution in [0.2, 0.25) is 0 Å². The van der Waals surface area contributed by atoms with Crippen LogP contribution in [0.5, 0.6) is 0 Å². The van der Waals surface area contributed by atoms with Gasteiger partial charge < -0.3 is 29.2 Å². The lowest BCUT2D eigenvalue weighted by atomic mass is 10.0. The van der Waals surface area contributed by atoms with E-state index in [1.165, 1.54) is 40.7 Å². The summed E-state index contributed by atoms with van der Waals surface area (Å²) >= 11 is 0. The molecule has 2 N–H and O–H groups in total. The zero-order valence-electron chi connectivity index (χ0n) is 28.0. The maximum Gasteiger partial charge on any atom is 0.407 e. The van der Waals surface area contributed by atoms with E-state index in [9.17, 15) is 28.4 Å². The van der Waals surface area contributed by atoms with Gasteiger partial charge in [-0.15, -0.1) is 0 Å². The van der Waals surface area contributed by atoms with Crippen molar-refractivity contribution in [3.8, 4) is 22.8 Å². The van der Waals surface area contributed by atoms with Crippen LogP contribution in [0.3, 0.4) is 0 Å². The van der Waals surface area contributed by atoms with Crippen LogP contribution in [0.4, 0.5) is 10.5 Å². The lowest BCUT2D eigenvalue weighted by molar-refractivity contribution is -0.384. The number of fused-ring (bicyclic) bond motifs is 1. The molecule has 3 heterocycles. The van der Waals surface area contributed by atoms with Crippen molar-refractivity contribution in [3.05, 3.63) is 94.5 Å². The number of nitrogens with one attached hydrogen (secondary N) is 1. The van der Waals surface area contributed by atoms with Gasteiger partial charge in [0.05, 0.1) is 41.1 Å². The molecule has 2 saturated heterocycles. The number of carbonyl (C=O) groups excluding carboxylic acids is 1. The van der Waals surface area contributed by atoms with Crippen molar-refractivity contribution in [2.75, 3.05) is 26.3 Å². The van der Waals surface area contributed by atoms with Gasteiger partial charge in [0.1, 0.15) is 6.10 Å². The number of rotatable bonds is 14. The number of hydrogen-bond donors (Lipinski definition) is 2. The lowest BCUT2D eigenvalue weighted by Gasteiger charge is -2.31. The number of sulfonamides is 1. The molecule has 2 aliphatic heterocycles. The maximum absolute atomic E-state index is 14.0. The van der Waals surface area contributed by atoms with Crippen LogP contribution >= 0.6 is 0 Å². The van der Waals surface area contributed by atoms with Crippen molar-refractivity contribution in [2.45, 2.75) is 56.1 Å². The van der Waals surface area contributed by atoms with Gasteiger partial charge >= 0.3 is 6.09 Å². The molecule has 0 spiro atoms. The Hall–Kier alpha value is -4.74. The number of aliphatic hydroxyl groups excluding tert-OH is 1. The number of nitrogens with zero attached hydrogens (tertiary/aromatic N) is 4. The van der Waals surface area contributed by atoms with Crippen molar-refractivity contribution in [1.29, 1.82) is 0 Å². The van der Waals surface area contributed by atoms with Crippen LogP contribution in [0, 0.1) is 22.0 Å². The first-order valence-corrected chi connectivity index (χ1v) is 18.0. The summed E-state index contributed by atoms with van der Waals surface area (Å²) < 4.78 is 51.4. The van der Waals surface area contributed by atoms with Gasteiger partial charge in [0.25, 0.3) is 11.6 Å². The van der Waals surface area contributed by atoms with E-state index in [2.05, 4.69) is 15.5 Å². The Balaban J connectivity index is 1.17. The van der Waals surface area contributed by atoms with Crippen molar-refractivity contribution < 1.29 is 42.0 Å². The van der Waals surface area contributed by atoms with Crippen LogP contribution in [0.15, 0.2) is 88.3 Å². The molecule has 3 aromatic carbocycles. The molecular weight excluding hydrogens is 682 g/mol. The summed E-state index contributed by atoms with van der Waals surface area (Å²) in [5, 5.41) is 29.3. The van der Waals surface area contributed by atoms with Crippen molar-refractivity contribution in [1.82, 2.24) is 19.8 Å². The summed E-state index contributed by atoms with van der Waals surface area (Å²) in [6, 6.07) is 20.0. The molecule has 2 aliphatic rings. The molecule has 1 aromatic heterocycles. The van der Waals surface area contributed by atoms with Crippen molar-refractivity contribution >= 4 is 21.8 Å². The molecule has 0 aliphatic carbocycles. The second-order valence-electron chi connectivity index (χ2n) is 12.9. The van der Waals surface area contributed by atoms with Gasteiger partial charge in [-0.25, -0.2) is 13.2 Å². The average molecular weight is 722 g/mol. The van der Waals surface area contributed by atoms with Crippen LogP contribution in [-0.2, 0) is 30.7 Å². The number of alkyl carbamates (subject to hydrolysis) is 1. The molecule has 2 fully saturated rings. The summed E-state index contributed by atoms with van der Waals surface area (Å²) in [4.78, 5) is 27.9. The minimum absolute atomic E-state index is 0.0141. The van der Waals surface area contributed by atoms with Crippen LogP contribution < -0.4 is 5.32 Å². The summed E-state index contributed by atoms with van der Waals surface area (Å²) in [7, 11) is -4.12. The first-order valence-electron chi connectivity index (χ1n) is 16.6. The van der Waals surface area contributed by atoms with Gasteiger partial charge in [0.15, 0.2) is 6.29 Å². The number of aliphatic hydroxyl groups is 1. The Morgan fingerprint density at radius 1 is 1.04 bits per heavy atom. The van der Waals surface area contributed by atoms with Crippen molar-refractivity contribution in [3.63, 3.8) is 0 Å². The molecule has 270 valence electrons. The van der Waals surface area contributed by atoms with Crippen LogP contribution in [-0.4, -0.2) is 89.8 Å². The second-order valence-corrected chi connectivity index (χ2v) is 14.9. The average Bonchev–Trinajstić information content (AvgIpc) is 3.88. The highest BCUT2D eigenvalue weighted by molar-refractivity contribution is 7.89. The molecule has 51 heavy (non-hydrogen) atoms. The molecule has 0 unspecified atom stereocenters. The molecular formula is C35H39N5O10S. The molecule has 0 radical (unpaired) electrons. The molecule has 0 bridgehead atoms. The first kappa shape index (κ1) is 36.1. The van der Waals surface area contributed by atoms with E-state index in [0.717, 1.165) is 5.56 Å². The highest BCUT2D eigenvalue weighted by Crippen LogP contribution is 2.33. The standard InChI is InChI=1S/C35H39N5O10S/c1-22(2)19-39(20-30(41)29(18-23-6-4-3-5-7-23)36-35(42)49-31-21-48-34-28(31)16-17-47-34)51(45,46)27-14-10-24(11-15-27)32-37-33(50-38-32)25-8-12-26(13-9-25)40(43)44/h3-15,22,28-31,34,41H,16-21H2,1-2H3,(H,36,42)/t28-,29-,30+,31-,34+/m0/s1. The Morgan fingerprint density at radius 3 is 2.43 bits per heavy atom. The number of non-ortho nitro benzene ring substituents is 1. The van der Waals surface area contributed by atoms with E-state index < -0.39 is 45.6 Å². The quantitative estimate of drug-likeness (QED) is 0.138. The number of carbonyl (C=O) groups is 1. The number of aromatic nitrogens is 2. The molecule has 4 aromatic rings. The molecule has 6 rings (SSSR count). The maximum atomic E-state index is 14.0. The summed E-state index contributed by atoms with van der Waals surface area (Å²) in [5.41, 5.74) is 1.73. The number of nitro groups is 1. The number of ether oxygens (including phenoxy) is 3. The van der Waals surface area contributed by atoms with Gasteiger partial charge in [-0.1, -0.05) is 49.3 Å². The van der Waals surface area contributed by atoms with E-state index >= 15 is 0 Å². The summed E-state index contributed by atoms with van der Waals surface area (Å²) in [5.74, 6) is 0.189. The second kappa shape index (κ2) is 15.7. The van der Waals surface area contributed by atoms with E-state index in [1.54, 1.807) is 12.1 Å². The highest BCUT2D eigenvalue weighted by Gasteiger charge is 2.44. The van der Waals surface area contributed by atoms with Gasteiger partial charge in [0.2, 0.25) is 15.8 Å². The van der Waals surface area contributed by atoms with Crippen LogP contribution in [0.25, 0.3) is 22.8 Å². The SMILES string of the molecule is CC(C)CN(C[C@@H](O)[C@H](Cc1ccccc1)NC(=O)O[C@H]1CO[C@H]2OCC[C@H]21)S(=O)(=O)c1ccc(-c2noc(-c3ccc([N+](=O)[O-])cc3)n2)cc1. The third-order valence-electron chi connectivity index (χ3n) is 8.77. The molecule has 16 heteroatoms. The highest BCUT2D eigenvalue weighted by atomic mass is 32.2. The Labute approximate surface area is 294 Å². The third-order valence-corrected chi connectivity index (χ3v) is 10.6. The third kappa shape index (κ3) is 8.60. The molecule has 1 amide bonds. The largest absolute Gasteiger partial charge is 0.443 e. The Bertz CT molecular complexity index is 1910. The van der Waals surface area contributed by atoms with Crippen LogP contribution in [0.1, 0.15) is 25.8 Å². The van der Waals surface area contributed by atoms with E-state index in [-0.39, 0.29) is 60.3 Å². The zero-order valence-corrected chi connectivity index (χ0v) is 28.8. The van der Waals surface area contributed by atoms with E-state index in [1.807, 2.05) is 44.2 Å². The minimum atomic E-state index is -4.12. The molecule has 15 nitrogen and oxygen atoms in total. The smallest absolute Gasteiger partial charge is 0.407 e. The number of amides is 1. The van der Waals surface area contributed by atoms with E-state index in [0.29, 0.717) is 24.2 Å². The predicted octanol–water partition coefficient (Wildman–Crippen LogP) is 4.42. The fourth-order valence-electron chi connectivity index (χ4n) is 6.14. The number of hydrogen-bond acceptors (Lipinski definition) is 12. The first-order chi connectivity index (χ1) is 24.5. The van der Waals surface area contributed by atoms with Gasteiger partial charge in [-0.2, -0.15) is 9.29 Å². The number of benzene rings is 3. The predicted molar refractivity (Wildman–Crippen MR) is 183 cm³/mol. The van der Waals surface area contributed by atoms with E-state index in [4.69, 9.17) is 18.7 Å². The summed E-state index contributed by atoms with van der Waals surface area (Å²) in [6.45, 7) is 4.29. The monoisotopic (exact) mass is 721 g/mol. The van der Waals surface area contributed by atoms with Gasteiger partial charge in [-0.3, -0.25) is 10.1 Å². The molecule has 0 saturated carbocycles. The molecule has 5 atom stereocenters. The normalized spacial score (nSPS) is 19.9. The fourth-order valence-corrected chi connectivity index (χ4v) is 7.77. The topological polar surface area (TPSA) is 196 Å². The van der Waals surface area contributed by atoms with Gasteiger partial charge in [-0.05, 0) is 60.7 Å². The minimum Gasteiger partial charge on any atom is -0.443 e. The Morgan fingerprint density at radius 2 is 1.75 bits per heavy atom. The Kier molecular flexibility index (Phi) is 11.1. The fraction of sp³-hybridized carbons (Fsp3) is 0.400. The summed E-state index contributed by atoms with van der Waals surface area (Å²) in [6.07, 6.45) is -1.99. The lowest BCUT2D eigenvalue weighted by Crippen LogP contribution is -2.51.